The van der Waals surface area contributed by atoms with Gasteiger partial charge in [0.25, 0.3) is 0 Å². The Labute approximate surface area is 84.4 Å². The van der Waals surface area contributed by atoms with Crippen LogP contribution in [-0.4, -0.2) is 0 Å². The van der Waals surface area contributed by atoms with Crippen molar-refractivity contribution in [1.29, 1.82) is 0 Å². The van der Waals surface area contributed by atoms with Crippen LogP contribution in [0.5, 0.6) is 0 Å². The lowest BCUT2D eigenvalue weighted by atomic mass is 10.1. The summed E-state index contributed by atoms with van der Waals surface area (Å²) in [6.45, 7) is 3.62. The lowest BCUT2D eigenvalue weighted by Gasteiger charge is -2.01. The third-order valence-corrected chi connectivity index (χ3v) is 2.07. The topological polar surface area (TPSA) is 0 Å². The van der Waals surface area contributed by atoms with E-state index in [1.54, 1.807) is 0 Å². The second kappa shape index (κ2) is 4.51. The van der Waals surface area contributed by atoms with Crippen molar-refractivity contribution in [2.75, 3.05) is 0 Å². The van der Waals surface area contributed by atoms with Gasteiger partial charge in [-0.2, -0.15) is 0 Å². The van der Waals surface area contributed by atoms with Crippen LogP contribution in [0.1, 0.15) is 12.0 Å². The van der Waals surface area contributed by atoms with Crippen molar-refractivity contribution in [2.45, 2.75) is 12.8 Å². The van der Waals surface area contributed by atoms with Crippen LogP contribution in [0.3, 0.4) is 0 Å². The molecule has 0 unspecified atom stereocenters. The van der Waals surface area contributed by atoms with Crippen molar-refractivity contribution >= 4 is 15.9 Å². The molecule has 3 heteroatoms. The Morgan fingerprint density at radius 1 is 1.38 bits per heavy atom. The molecule has 0 saturated carbocycles. The average molecular weight is 247 g/mol. The molecular formula is C10H9BrF2. The summed E-state index contributed by atoms with van der Waals surface area (Å²) < 4.78 is 26.5. The number of allylic oxidation sites excluding steroid dienone is 1. The van der Waals surface area contributed by atoms with E-state index in [4.69, 9.17) is 0 Å². The largest absolute Gasteiger partial charge is 0.207 e. The maximum Gasteiger partial charge on any atom is 0.126 e. The summed E-state index contributed by atoms with van der Waals surface area (Å²) >= 11 is 3.16. The molecule has 0 bridgehead atoms. The van der Waals surface area contributed by atoms with Gasteiger partial charge >= 0.3 is 0 Å². The molecule has 1 aromatic carbocycles. The lowest BCUT2D eigenvalue weighted by Crippen LogP contribution is -1.91. The number of rotatable bonds is 3. The van der Waals surface area contributed by atoms with Gasteiger partial charge in [-0.3, -0.25) is 0 Å². The summed E-state index contributed by atoms with van der Waals surface area (Å²) in [5, 5.41) is 0. The summed E-state index contributed by atoms with van der Waals surface area (Å²) in [6.07, 6.45) is 1.08. The van der Waals surface area contributed by atoms with Crippen LogP contribution < -0.4 is 0 Å². The van der Waals surface area contributed by atoms with E-state index in [2.05, 4.69) is 22.5 Å². The average Bonchev–Trinajstić information content (AvgIpc) is 2.06. The van der Waals surface area contributed by atoms with Gasteiger partial charge in [-0.15, -0.1) is 0 Å². The number of halogens is 3. The first-order chi connectivity index (χ1) is 6.09. The number of hydrogen-bond acceptors (Lipinski definition) is 0. The summed E-state index contributed by atoms with van der Waals surface area (Å²) in [5.41, 5.74) is 0.389. The van der Waals surface area contributed by atoms with Crippen LogP contribution in [0.15, 0.2) is 29.3 Å². The summed E-state index contributed by atoms with van der Waals surface area (Å²) in [7, 11) is 0. The first kappa shape index (κ1) is 10.4. The molecule has 0 aromatic heterocycles. The molecule has 0 fully saturated rings. The minimum Gasteiger partial charge on any atom is -0.207 e. The van der Waals surface area contributed by atoms with E-state index in [0.29, 0.717) is 18.4 Å². The molecule has 1 aromatic rings. The number of aryl methyl sites for hydroxylation is 1. The normalized spacial score (nSPS) is 10.1. The molecule has 0 nitrogen and oxygen atoms in total. The van der Waals surface area contributed by atoms with Gasteiger partial charge in [-0.1, -0.05) is 22.5 Å². The molecule has 70 valence electrons. The fourth-order valence-electron chi connectivity index (χ4n) is 1.01. The molecule has 0 radical (unpaired) electrons. The molecule has 0 aliphatic heterocycles. The Morgan fingerprint density at radius 2 is 2.08 bits per heavy atom. The van der Waals surface area contributed by atoms with Crippen LogP contribution in [0.2, 0.25) is 0 Å². The molecule has 0 amide bonds. The fourth-order valence-corrected chi connectivity index (χ4v) is 1.20. The van der Waals surface area contributed by atoms with Crippen molar-refractivity contribution in [3.63, 3.8) is 0 Å². The van der Waals surface area contributed by atoms with Crippen LogP contribution in [0, 0.1) is 11.6 Å². The van der Waals surface area contributed by atoms with E-state index in [-0.39, 0.29) is 5.82 Å². The van der Waals surface area contributed by atoms with E-state index in [0.717, 1.165) is 16.6 Å². The van der Waals surface area contributed by atoms with Crippen LogP contribution in [-0.2, 0) is 6.42 Å². The van der Waals surface area contributed by atoms with Gasteiger partial charge in [-0.05, 0) is 41.1 Å². The van der Waals surface area contributed by atoms with E-state index in [1.165, 1.54) is 6.07 Å². The molecular weight excluding hydrogens is 238 g/mol. The predicted octanol–water partition coefficient (Wildman–Crippen LogP) is 3.81. The van der Waals surface area contributed by atoms with E-state index < -0.39 is 5.82 Å². The molecule has 1 rings (SSSR count). The minimum absolute atomic E-state index is 0.366. The van der Waals surface area contributed by atoms with E-state index in [1.807, 2.05) is 0 Å². The minimum atomic E-state index is -0.406. The zero-order chi connectivity index (χ0) is 9.84. The van der Waals surface area contributed by atoms with Crippen LogP contribution >= 0.6 is 15.9 Å². The lowest BCUT2D eigenvalue weighted by molar-refractivity contribution is 0.584. The zero-order valence-electron chi connectivity index (χ0n) is 6.99. The summed E-state index contributed by atoms with van der Waals surface area (Å²) in [4.78, 5) is 0. The molecule has 0 aliphatic carbocycles. The first-order valence-corrected chi connectivity index (χ1v) is 4.66. The SMILES string of the molecule is C=C(Br)CCc1cc(F)ccc1F. The first-order valence-electron chi connectivity index (χ1n) is 3.87. The third kappa shape index (κ3) is 3.27. The molecule has 0 aliphatic rings. The summed E-state index contributed by atoms with van der Waals surface area (Å²) in [6, 6.07) is 3.47. The fraction of sp³-hybridized carbons (Fsp3) is 0.200. The Balaban J connectivity index is 2.75. The van der Waals surface area contributed by atoms with Gasteiger partial charge < -0.3 is 0 Å². The number of benzene rings is 1. The van der Waals surface area contributed by atoms with Crippen LogP contribution in [0.25, 0.3) is 0 Å². The second-order valence-electron chi connectivity index (χ2n) is 2.75. The molecule has 13 heavy (non-hydrogen) atoms. The molecule has 0 spiro atoms. The third-order valence-electron chi connectivity index (χ3n) is 1.67. The standard InChI is InChI=1S/C10H9BrF2/c1-7(11)2-3-8-6-9(12)4-5-10(8)13/h4-6H,1-3H2. The van der Waals surface area contributed by atoms with Crippen molar-refractivity contribution in [1.82, 2.24) is 0 Å². The maximum atomic E-state index is 13.0. The highest BCUT2D eigenvalue weighted by atomic mass is 79.9. The summed E-state index contributed by atoms with van der Waals surface area (Å²) in [5.74, 6) is -0.772. The second-order valence-corrected chi connectivity index (χ2v) is 3.87. The molecule has 0 saturated heterocycles. The molecule has 0 atom stereocenters. The Kier molecular flexibility index (Phi) is 3.60. The Morgan fingerprint density at radius 3 is 2.69 bits per heavy atom. The Hall–Kier alpha value is -0.700. The Bertz CT molecular complexity index is 321. The van der Waals surface area contributed by atoms with Crippen molar-refractivity contribution in [3.8, 4) is 0 Å². The van der Waals surface area contributed by atoms with Crippen molar-refractivity contribution < 1.29 is 8.78 Å². The van der Waals surface area contributed by atoms with E-state index in [9.17, 15) is 8.78 Å². The highest BCUT2D eigenvalue weighted by Crippen LogP contribution is 2.16. The number of hydrogen-bond donors (Lipinski definition) is 0. The smallest absolute Gasteiger partial charge is 0.126 e. The van der Waals surface area contributed by atoms with Crippen LogP contribution in [0.4, 0.5) is 8.78 Å². The van der Waals surface area contributed by atoms with Crippen molar-refractivity contribution in [2.24, 2.45) is 0 Å². The van der Waals surface area contributed by atoms with E-state index >= 15 is 0 Å². The highest BCUT2D eigenvalue weighted by molar-refractivity contribution is 9.11. The highest BCUT2D eigenvalue weighted by Gasteiger charge is 2.03. The van der Waals surface area contributed by atoms with Gasteiger partial charge in [0.15, 0.2) is 0 Å². The molecule has 0 heterocycles. The van der Waals surface area contributed by atoms with Gasteiger partial charge in [0.1, 0.15) is 11.6 Å². The molecule has 0 N–H and O–H groups in total. The monoisotopic (exact) mass is 246 g/mol. The maximum absolute atomic E-state index is 13.0. The van der Waals surface area contributed by atoms with Gasteiger partial charge in [-0.25, -0.2) is 8.78 Å². The van der Waals surface area contributed by atoms with Gasteiger partial charge in [0, 0.05) is 0 Å². The quantitative estimate of drug-likeness (QED) is 0.761. The zero-order valence-corrected chi connectivity index (χ0v) is 8.57. The van der Waals surface area contributed by atoms with Crippen molar-refractivity contribution in [3.05, 3.63) is 46.5 Å². The van der Waals surface area contributed by atoms with Gasteiger partial charge in [0.05, 0.1) is 0 Å². The van der Waals surface area contributed by atoms with Gasteiger partial charge in [0.2, 0.25) is 0 Å². The predicted molar refractivity (Wildman–Crippen MR) is 52.7 cm³/mol.